The largest absolute Gasteiger partial charge is 0.294 e. The zero-order chi connectivity index (χ0) is 14.2. The van der Waals surface area contributed by atoms with Crippen LogP contribution in [0.3, 0.4) is 0 Å². The van der Waals surface area contributed by atoms with Gasteiger partial charge in [0, 0.05) is 0 Å². The van der Waals surface area contributed by atoms with Crippen molar-refractivity contribution in [3.8, 4) is 0 Å². The summed E-state index contributed by atoms with van der Waals surface area (Å²) in [5.41, 5.74) is 5.73. The van der Waals surface area contributed by atoms with Crippen LogP contribution in [-0.4, -0.2) is 9.55 Å². The maximum Gasteiger partial charge on any atom is 0.267 e. The fourth-order valence-corrected chi connectivity index (χ4v) is 2.74. The summed E-state index contributed by atoms with van der Waals surface area (Å²) in [6, 6.07) is 4.31. The van der Waals surface area contributed by atoms with Crippen molar-refractivity contribution in [1.29, 1.82) is 0 Å². The van der Waals surface area contributed by atoms with Gasteiger partial charge in [-0.25, -0.2) is 4.98 Å². The standard InChI is InChI=1S/C15H17IN2O/c1-9-5-10(2)13(11(3)6-9)7-18-8-17-12(4)14(16)15(18)19/h5-6,8H,7H2,1-4H3. The molecule has 3 nitrogen and oxygen atoms in total. The van der Waals surface area contributed by atoms with Gasteiger partial charge in [0.1, 0.15) is 0 Å². The maximum atomic E-state index is 12.2. The molecule has 0 fully saturated rings. The quantitative estimate of drug-likeness (QED) is 0.764. The fraction of sp³-hybridized carbons (Fsp3) is 0.333. The molecule has 0 unspecified atom stereocenters. The molecule has 0 saturated carbocycles. The molecule has 2 aromatic rings. The first kappa shape index (κ1) is 14.2. The van der Waals surface area contributed by atoms with E-state index in [1.54, 1.807) is 10.9 Å². The van der Waals surface area contributed by atoms with E-state index in [-0.39, 0.29) is 5.56 Å². The van der Waals surface area contributed by atoms with E-state index in [4.69, 9.17) is 0 Å². The molecule has 4 heteroatoms. The van der Waals surface area contributed by atoms with Crippen molar-refractivity contribution in [2.24, 2.45) is 0 Å². The monoisotopic (exact) mass is 368 g/mol. The second kappa shape index (κ2) is 5.45. The molecular formula is C15H17IN2O. The smallest absolute Gasteiger partial charge is 0.267 e. The number of aromatic nitrogens is 2. The lowest BCUT2D eigenvalue weighted by Crippen LogP contribution is -2.25. The highest BCUT2D eigenvalue weighted by Crippen LogP contribution is 2.17. The molecule has 100 valence electrons. The number of halogens is 1. The van der Waals surface area contributed by atoms with Gasteiger partial charge in [-0.15, -0.1) is 0 Å². The van der Waals surface area contributed by atoms with Crippen LogP contribution in [0.1, 0.15) is 27.9 Å². The van der Waals surface area contributed by atoms with Crippen LogP contribution in [0.25, 0.3) is 0 Å². The van der Waals surface area contributed by atoms with Crippen LogP contribution in [0, 0.1) is 31.3 Å². The second-order valence-corrected chi connectivity index (χ2v) is 6.03. The van der Waals surface area contributed by atoms with Crippen molar-refractivity contribution in [3.05, 3.63) is 60.3 Å². The predicted octanol–water partition coefficient (Wildman–Crippen LogP) is 3.13. The minimum atomic E-state index is 0.0347. The first-order valence-corrected chi connectivity index (χ1v) is 7.26. The van der Waals surface area contributed by atoms with E-state index in [9.17, 15) is 4.79 Å². The highest BCUT2D eigenvalue weighted by Gasteiger charge is 2.09. The number of benzene rings is 1. The van der Waals surface area contributed by atoms with Gasteiger partial charge >= 0.3 is 0 Å². The van der Waals surface area contributed by atoms with E-state index < -0.39 is 0 Å². The Morgan fingerprint density at radius 3 is 2.32 bits per heavy atom. The van der Waals surface area contributed by atoms with E-state index in [0.717, 1.165) is 5.69 Å². The molecule has 0 aliphatic carbocycles. The summed E-state index contributed by atoms with van der Waals surface area (Å²) in [5.74, 6) is 0. The van der Waals surface area contributed by atoms with Gasteiger partial charge in [0.2, 0.25) is 0 Å². The highest BCUT2D eigenvalue weighted by molar-refractivity contribution is 14.1. The van der Waals surface area contributed by atoms with Crippen LogP contribution < -0.4 is 5.56 Å². The molecule has 0 N–H and O–H groups in total. The van der Waals surface area contributed by atoms with E-state index in [1.165, 1.54) is 22.3 Å². The Balaban J connectivity index is 2.48. The Kier molecular flexibility index (Phi) is 4.08. The summed E-state index contributed by atoms with van der Waals surface area (Å²) in [5, 5.41) is 0. The Bertz CT molecular complexity index is 666. The van der Waals surface area contributed by atoms with Gasteiger partial charge in [-0.05, 0) is 67.0 Å². The summed E-state index contributed by atoms with van der Waals surface area (Å²) in [6.45, 7) is 8.71. The van der Waals surface area contributed by atoms with Crippen molar-refractivity contribution in [2.45, 2.75) is 34.2 Å². The molecule has 1 heterocycles. The van der Waals surface area contributed by atoms with Gasteiger partial charge in [0.05, 0.1) is 22.1 Å². The predicted molar refractivity (Wildman–Crippen MR) is 85.7 cm³/mol. The molecule has 0 atom stereocenters. The first-order valence-electron chi connectivity index (χ1n) is 6.18. The van der Waals surface area contributed by atoms with E-state index in [2.05, 4.69) is 60.5 Å². The van der Waals surface area contributed by atoms with E-state index in [1.807, 2.05) is 6.92 Å². The molecule has 1 aromatic carbocycles. The van der Waals surface area contributed by atoms with Crippen LogP contribution in [-0.2, 0) is 6.54 Å². The molecule has 2 rings (SSSR count). The van der Waals surface area contributed by atoms with Crippen molar-refractivity contribution in [2.75, 3.05) is 0 Å². The van der Waals surface area contributed by atoms with Crippen LogP contribution >= 0.6 is 22.6 Å². The van der Waals surface area contributed by atoms with Crippen LogP contribution in [0.15, 0.2) is 23.3 Å². The first-order chi connectivity index (χ1) is 8.90. The van der Waals surface area contributed by atoms with Gasteiger partial charge < -0.3 is 0 Å². The van der Waals surface area contributed by atoms with Gasteiger partial charge in [0.15, 0.2) is 0 Å². The van der Waals surface area contributed by atoms with Gasteiger partial charge in [-0.3, -0.25) is 9.36 Å². The summed E-state index contributed by atoms with van der Waals surface area (Å²) < 4.78 is 2.38. The third kappa shape index (κ3) is 2.88. The van der Waals surface area contributed by atoms with E-state index >= 15 is 0 Å². The summed E-state index contributed by atoms with van der Waals surface area (Å²) in [6.07, 6.45) is 1.64. The zero-order valence-corrected chi connectivity index (χ0v) is 13.8. The lowest BCUT2D eigenvalue weighted by atomic mass is 10.00. The number of nitrogens with zero attached hydrogens (tertiary/aromatic N) is 2. The molecule has 0 radical (unpaired) electrons. The highest BCUT2D eigenvalue weighted by atomic mass is 127. The van der Waals surface area contributed by atoms with Crippen molar-refractivity contribution in [3.63, 3.8) is 0 Å². The topological polar surface area (TPSA) is 34.9 Å². The second-order valence-electron chi connectivity index (χ2n) is 4.95. The van der Waals surface area contributed by atoms with Crippen molar-refractivity contribution >= 4 is 22.6 Å². The van der Waals surface area contributed by atoms with Crippen LogP contribution in [0.5, 0.6) is 0 Å². The number of aryl methyl sites for hydroxylation is 4. The average molecular weight is 368 g/mol. The third-order valence-corrected chi connectivity index (χ3v) is 4.57. The fourth-order valence-electron chi connectivity index (χ4n) is 2.29. The average Bonchev–Trinajstić information content (AvgIpc) is 2.33. The summed E-state index contributed by atoms with van der Waals surface area (Å²) in [7, 11) is 0. The van der Waals surface area contributed by atoms with Crippen molar-refractivity contribution < 1.29 is 0 Å². The molecule has 0 spiro atoms. The Hall–Kier alpha value is -1.17. The van der Waals surface area contributed by atoms with Crippen molar-refractivity contribution in [1.82, 2.24) is 9.55 Å². The Morgan fingerprint density at radius 2 is 1.74 bits per heavy atom. The number of rotatable bonds is 2. The molecule has 0 aliphatic heterocycles. The third-order valence-electron chi connectivity index (χ3n) is 3.33. The maximum absolute atomic E-state index is 12.2. The molecule has 0 bridgehead atoms. The molecule has 1 aromatic heterocycles. The lowest BCUT2D eigenvalue weighted by molar-refractivity contribution is 0.717. The van der Waals surface area contributed by atoms with Crippen LogP contribution in [0.2, 0.25) is 0 Å². The lowest BCUT2D eigenvalue weighted by Gasteiger charge is -2.13. The molecule has 0 aliphatic rings. The molecule has 0 amide bonds. The normalized spacial score (nSPS) is 10.8. The Labute approximate surface area is 126 Å². The minimum absolute atomic E-state index is 0.0347. The summed E-state index contributed by atoms with van der Waals surface area (Å²) in [4.78, 5) is 16.5. The summed E-state index contributed by atoms with van der Waals surface area (Å²) >= 11 is 2.06. The molecular weight excluding hydrogens is 351 g/mol. The Morgan fingerprint density at radius 1 is 1.16 bits per heavy atom. The number of hydrogen-bond donors (Lipinski definition) is 0. The zero-order valence-electron chi connectivity index (χ0n) is 11.6. The molecule has 0 saturated heterocycles. The van der Waals surface area contributed by atoms with Gasteiger partial charge in [0.25, 0.3) is 5.56 Å². The number of hydrogen-bond acceptors (Lipinski definition) is 2. The van der Waals surface area contributed by atoms with Gasteiger partial charge in [-0.2, -0.15) is 0 Å². The SMILES string of the molecule is Cc1cc(C)c(Cn2cnc(C)c(I)c2=O)c(C)c1. The van der Waals surface area contributed by atoms with Crippen LogP contribution in [0.4, 0.5) is 0 Å². The molecule has 19 heavy (non-hydrogen) atoms. The van der Waals surface area contributed by atoms with E-state index in [0.29, 0.717) is 10.1 Å². The minimum Gasteiger partial charge on any atom is -0.294 e. The van der Waals surface area contributed by atoms with Gasteiger partial charge in [-0.1, -0.05) is 17.7 Å².